The number of amides is 4. The van der Waals surface area contributed by atoms with Crippen LogP contribution < -0.4 is 10.6 Å². The summed E-state index contributed by atoms with van der Waals surface area (Å²) in [7, 11) is 0. The fourth-order valence-electron chi connectivity index (χ4n) is 7.49. The van der Waals surface area contributed by atoms with Crippen molar-refractivity contribution < 1.29 is 48.0 Å². The van der Waals surface area contributed by atoms with Crippen LogP contribution in [-0.4, -0.2) is 118 Å². The standard InChI is InChI=1S/C37H53N3O10S/c1-20(7-10-29-21(2)13-28(23(4)49-29)39-32(42)12-9-22(3)48-24(5)41)8-11-30-35(45)37(19-47-37)18-27(50-30)16-33(43)38-25-14-26(15-25)40-34(44)17-31(51-6)36(40)46/h7-9,11-12,21-23,25-31,35,45H,10,13-19H2,1-6H3,(H,38,43)(H,39,42)/b11-8+,12-9-,20-7+/t21-,22-,23+,25?,26?,27+,28+,29-,30+,31?,35+,37+/m0/s1. The number of hydrogen-bond acceptors (Lipinski definition) is 11. The summed E-state index contributed by atoms with van der Waals surface area (Å²) in [5.74, 6) is -0.911. The number of thioether (sulfide) groups is 1. The second-order valence-corrected chi connectivity index (χ2v) is 15.8. The fourth-order valence-corrected chi connectivity index (χ4v) is 8.11. The normalized spacial score (nSPS) is 37.5. The van der Waals surface area contributed by atoms with Gasteiger partial charge in [0.05, 0.1) is 42.6 Å². The molecule has 282 valence electrons. The summed E-state index contributed by atoms with van der Waals surface area (Å²) >= 11 is 1.40. The van der Waals surface area contributed by atoms with Crippen LogP contribution in [0.1, 0.15) is 79.6 Å². The van der Waals surface area contributed by atoms with Crippen molar-refractivity contribution in [1.29, 1.82) is 0 Å². The molecule has 3 N–H and O–H groups in total. The molecule has 1 unspecified atom stereocenters. The van der Waals surface area contributed by atoms with Gasteiger partial charge in [-0.15, -0.1) is 0 Å². The number of likely N-dealkylation sites (tertiary alicyclic amines) is 1. The largest absolute Gasteiger partial charge is 0.459 e. The fraction of sp³-hybridized carbons (Fsp3) is 0.703. The monoisotopic (exact) mass is 731 g/mol. The Morgan fingerprint density at radius 3 is 2.49 bits per heavy atom. The third-order valence-corrected chi connectivity index (χ3v) is 11.5. The van der Waals surface area contributed by atoms with Crippen LogP contribution in [0.3, 0.4) is 0 Å². The summed E-state index contributed by atoms with van der Waals surface area (Å²) in [6.45, 7) is 9.44. The highest BCUT2D eigenvalue weighted by Crippen LogP contribution is 2.43. The van der Waals surface area contributed by atoms with E-state index >= 15 is 0 Å². The van der Waals surface area contributed by atoms with Gasteiger partial charge < -0.3 is 34.7 Å². The van der Waals surface area contributed by atoms with Gasteiger partial charge in [0, 0.05) is 37.9 Å². The van der Waals surface area contributed by atoms with Crippen LogP contribution in [0, 0.1) is 5.92 Å². The van der Waals surface area contributed by atoms with Gasteiger partial charge in [-0.05, 0) is 64.7 Å². The van der Waals surface area contributed by atoms with E-state index in [1.807, 2.05) is 32.3 Å². The van der Waals surface area contributed by atoms with Crippen molar-refractivity contribution >= 4 is 41.4 Å². The molecule has 5 rings (SSSR count). The Morgan fingerprint density at radius 1 is 1.12 bits per heavy atom. The molecule has 1 aliphatic carbocycles. The number of esters is 1. The number of nitrogens with one attached hydrogen (secondary N) is 2. The smallest absolute Gasteiger partial charge is 0.303 e. The first kappa shape index (κ1) is 39.2. The number of carbonyl (C=O) groups is 5. The van der Waals surface area contributed by atoms with Crippen molar-refractivity contribution in [2.75, 3.05) is 12.9 Å². The number of aliphatic hydroxyl groups excluding tert-OH is 1. The van der Waals surface area contributed by atoms with Gasteiger partial charge in [-0.2, -0.15) is 11.8 Å². The Labute approximate surface area is 304 Å². The summed E-state index contributed by atoms with van der Waals surface area (Å²) in [6, 6.07) is -0.416. The van der Waals surface area contributed by atoms with Crippen molar-refractivity contribution in [2.24, 2.45) is 5.92 Å². The molecular weight excluding hydrogens is 678 g/mol. The highest BCUT2D eigenvalue weighted by Gasteiger charge is 2.58. The molecular formula is C37H53N3O10S. The molecule has 51 heavy (non-hydrogen) atoms. The first-order valence-electron chi connectivity index (χ1n) is 18.0. The first-order valence-corrected chi connectivity index (χ1v) is 19.3. The average Bonchev–Trinajstić information content (AvgIpc) is 3.76. The van der Waals surface area contributed by atoms with E-state index < -0.39 is 36.0 Å². The predicted molar refractivity (Wildman–Crippen MR) is 189 cm³/mol. The molecule has 4 saturated heterocycles. The van der Waals surface area contributed by atoms with E-state index in [9.17, 15) is 29.1 Å². The molecule has 13 nitrogen and oxygen atoms in total. The van der Waals surface area contributed by atoms with Gasteiger partial charge in [-0.3, -0.25) is 28.9 Å². The second kappa shape index (κ2) is 16.7. The molecule has 14 heteroatoms. The van der Waals surface area contributed by atoms with Crippen LogP contribution in [0.15, 0.2) is 36.0 Å². The lowest BCUT2D eigenvalue weighted by atomic mass is 9.85. The van der Waals surface area contributed by atoms with E-state index in [1.54, 1.807) is 13.0 Å². The van der Waals surface area contributed by atoms with Crippen molar-refractivity contribution in [3.05, 3.63) is 36.0 Å². The molecule has 1 spiro atoms. The van der Waals surface area contributed by atoms with E-state index in [0.29, 0.717) is 32.3 Å². The summed E-state index contributed by atoms with van der Waals surface area (Å²) in [5.41, 5.74) is 0.256. The third kappa shape index (κ3) is 9.89. The van der Waals surface area contributed by atoms with Crippen molar-refractivity contribution in [3.8, 4) is 0 Å². The third-order valence-electron chi connectivity index (χ3n) is 10.6. The van der Waals surface area contributed by atoms with E-state index in [0.717, 1.165) is 12.0 Å². The van der Waals surface area contributed by atoms with Gasteiger partial charge in [0.1, 0.15) is 23.9 Å². The molecule has 0 bridgehead atoms. The van der Waals surface area contributed by atoms with Gasteiger partial charge in [-0.25, -0.2) is 0 Å². The van der Waals surface area contributed by atoms with Crippen LogP contribution in [-0.2, 0) is 42.9 Å². The minimum Gasteiger partial charge on any atom is -0.459 e. The lowest BCUT2D eigenvalue weighted by Crippen LogP contribution is -2.56. The maximum atomic E-state index is 13.0. The Morgan fingerprint density at radius 2 is 1.84 bits per heavy atom. The summed E-state index contributed by atoms with van der Waals surface area (Å²) < 4.78 is 23.2. The van der Waals surface area contributed by atoms with Crippen molar-refractivity contribution in [1.82, 2.24) is 15.5 Å². The molecule has 4 aliphatic heterocycles. The molecule has 0 aromatic rings. The van der Waals surface area contributed by atoms with Crippen molar-refractivity contribution in [3.63, 3.8) is 0 Å². The number of ether oxygens (including phenoxy) is 4. The number of rotatable bonds is 13. The van der Waals surface area contributed by atoms with Crippen LogP contribution in [0.2, 0.25) is 0 Å². The zero-order valence-electron chi connectivity index (χ0n) is 30.4. The summed E-state index contributed by atoms with van der Waals surface area (Å²) in [5, 5.41) is 16.8. The number of aliphatic hydroxyl groups is 1. The number of imide groups is 1. The number of epoxide rings is 1. The summed E-state index contributed by atoms with van der Waals surface area (Å²) in [4.78, 5) is 62.8. The van der Waals surface area contributed by atoms with Crippen LogP contribution in [0.25, 0.3) is 0 Å². The molecule has 1 saturated carbocycles. The molecule has 4 amide bonds. The van der Waals surface area contributed by atoms with Gasteiger partial charge in [0.15, 0.2) is 0 Å². The van der Waals surface area contributed by atoms with E-state index in [2.05, 4.69) is 23.6 Å². The molecule has 5 aliphatic rings. The van der Waals surface area contributed by atoms with Crippen molar-refractivity contribution in [2.45, 2.75) is 145 Å². The lowest BCUT2D eigenvalue weighted by Gasteiger charge is -2.41. The minimum absolute atomic E-state index is 0.0342. The number of nitrogens with zero attached hydrogens (tertiary/aromatic N) is 1. The minimum atomic E-state index is -0.858. The van der Waals surface area contributed by atoms with Gasteiger partial charge in [0.25, 0.3) is 0 Å². The SMILES string of the molecule is CSC1CC(=O)N(C2CC(NC(=O)C[C@@H]3C[C@@]4(CO4)[C@H](O)[C@@H](/C=C/C(C)=C/C[C@@H]4O[C@H](C)[C@H](NC(=O)/C=C\[C@H](C)OC(C)=O)C[C@@H]4C)O3)C2)C1=O. The molecule has 0 aromatic carbocycles. The number of allylic oxidation sites excluding steroid dienone is 2. The first-order chi connectivity index (χ1) is 24.2. The molecule has 4 heterocycles. The Kier molecular flexibility index (Phi) is 12.9. The van der Waals surface area contributed by atoms with E-state index in [-0.39, 0.29) is 78.0 Å². The lowest BCUT2D eigenvalue weighted by molar-refractivity contribution is -0.147. The van der Waals surface area contributed by atoms with Gasteiger partial charge >= 0.3 is 5.97 Å². The molecule has 0 radical (unpaired) electrons. The zero-order valence-corrected chi connectivity index (χ0v) is 31.2. The van der Waals surface area contributed by atoms with E-state index in [4.69, 9.17) is 18.9 Å². The molecule has 10 atom stereocenters. The van der Waals surface area contributed by atoms with Crippen LogP contribution >= 0.6 is 11.8 Å². The van der Waals surface area contributed by atoms with Gasteiger partial charge in [0.2, 0.25) is 23.6 Å². The molecule has 5 fully saturated rings. The van der Waals surface area contributed by atoms with Crippen LogP contribution in [0.4, 0.5) is 0 Å². The number of carbonyl (C=O) groups excluding carboxylic acids is 5. The zero-order chi connectivity index (χ0) is 37.0. The quantitative estimate of drug-likeness (QED) is 0.0836. The Balaban J connectivity index is 1.06. The summed E-state index contributed by atoms with van der Waals surface area (Å²) in [6.07, 6.45) is 11.2. The Bertz CT molecular complexity index is 1420. The van der Waals surface area contributed by atoms with Crippen LogP contribution in [0.5, 0.6) is 0 Å². The molecule has 0 aromatic heterocycles. The highest BCUT2D eigenvalue weighted by atomic mass is 32.2. The maximum Gasteiger partial charge on any atom is 0.303 e. The highest BCUT2D eigenvalue weighted by molar-refractivity contribution is 8.00. The average molecular weight is 732 g/mol. The number of hydrogen-bond donors (Lipinski definition) is 3. The topological polar surface area (TPSA) is 173 Å². The maximum absolute atomic E-state index is 13.0. The predicted octanol–water partition coefficient (Wildman–Crippen LogP) is 2.50. The van der Waals surface area contributed by atoms with Gasteiger partial charge in [-0.1, -0.05) is 30.7 Å². The Hall–Kier alpha value is -3.04. The second-order valence-electron chi connectivity index (χ2n) is 14.8. The van der Waals surface area contributed by atoms with E-state index in [1.165, 1.54) is 29.7 Å².